The summed E-state index contributed by atoms with van der Waals surface area (Å²) in [5.74, 6) is -1.43. The molecule has 3 aliphatic heterocycles. The molecule has 0 saturated carbocycles. The summed E-state index contributed by atoms with van der Waals surface area (Å²) in [7, 11) is -1.29. The molecule has 1 aromatic heterocycles. The molecule has 1 aliphatic carbocycles. The Labute approximate surface area is 195 Å². The average Bonchev–Trinajstić information content (AvgIpc) is 3.29. The Balaban J connectivity index is 1.48. The first kappa shape index (κ1) is 20.5. The van der Waals surface area contributed by atoms with Crippen molar-refractivity contribution in [2.75, 3.05) is 4.90 Å². The lowest BCUT2D eigenvalue weighted by Gasteiger charge is -2.35. The third-order valence-corrected chi connectivity index (χ3v) is 12.3. The topological polar surface area (TPSA) is 54.5 Å². The van der Waals surface area contributed by atoms with E-state index in [0.29, 0.717) is 5.69 Å². The highest BCUT2D eigenvalue weighted by molar-refractivity contribution is 7.89. The summed E-state index contributed by atoms with van der Waals surface area (Å²) in [6, 6.07) is 9.20. The number of hydrogen-bond donors (Lipinski definition) is 0. The van der Waals surface area contributed by atoms with Crippen LogP contribution in [0.15, 0.2) is 41.5 Å². The fraction of sp³-hybridized carbons (Fsp3) is 0.462. The van der Waals surface area contributed by atoms with Crippen LogP contribution in [0.2, 0.25) is 0 Å². The number of fused-ring (bicyclic) bond motifs is 8. The minimum absolute atomic E-state index is 0.178. The van der Waals surface area contributed by atoms with Crippen LogP contribution in [0.25, 0.3) is 0 Å². The molecule has 6 heteroatoms. The number of carbonyl (C=O) groups is 2. The monoisotopic (exact) mass is 465 g/mol. The van der Waals surface area contributed by atoms with Gasteiger partial charge in [-0.15, -0.1) is 11.3 Å². The van der Waals surface area contributed by atoms with Crippen LogP contribution >= 0.6 is 11.3 Å². The summed E-state index contributed by atoms with van der Waals surface area (Å²) in [6.07, 6.45) is 3.50. The zero-order chi connectivity index (χ0) is 22.6. The molecule has 4 unspecified atom stereocenters. The summed E-state index contributed by atoms with van der Waals surface area (Å²) in [5, 5.41) is 0. The largest absolute Gasteiger partial charge is 0.274 e. The van der Waals surface area contributed by atoms with E-state index in [1.54, 1.807) is 0 Å². The van der Waals surface area contributed by atoms with Crippen LogP contribution < -0.4 is 4.90 Å². The number of nitrogens with zero attached hydrogens (tertiary/aromatic N) is 1. The Morgan fingerprint density at radius 1 is 0.844 bits per heavy atom. The number of imide groups is 1. The van der Waals surface area contributed by atoms with Crippen molar-refractivity contribution < 1.29 is 13.8 Å². The number of para-hydroxylation sites is 1. The molecule has 166 valence electrons. The van der Waals surface area contributed by atoms with Crippen molar-refractivity contribution in [3.8, 4) is 0 Å². The van der Waals surface area contributed by atoms with Crippen molar-refractivity contribution >= 4 is 39.6 Å². The average molecular weight is 466 g/mol. The SMILES string of the molecule is Cc1sc(C)c2c1CCC1=C(CC2)C2(C)C3C(=O)N(c4ccccc4)C(=O)C3C1(C)S2=O. The van der Waals surface area contributed by atoms with Crippen LogP contribution in [0.3, 0.4) is 0 Å². The van der Waals surface area contributed by atoms with Gasteiger partial charge < -0.3 is 0 Å². The summed E-state index contributed by atoms with van der Waals surface area (Å²) in [6.45, 7) is 8.40. The summed E-state index contributed by atoms with van der Waals surface area (Å²) < 4.78 is 12.5. The molecule has 4 atom stereocenters. The minimum Gasteiger partial charge on any atom is -0.274 e. The predicted molar refractivity (Wildman–Crippen MR) is 128 cm³/mol. The fourth-order valence-electron chi connectivity index (χ4n) is 7.21. The highest BCUT2D eigenvalue weighted by atomic mass is 32.2. The molecular formula is C26H27NO3S2. The van der Waals surface area contributed by atoms with Gasteiger partial charge in [0.15, 0.2) is 0 Å². The van der Waals surface area contributed by atoms with Crippen LogP contribution in [-0.2, 0) is 33.2 Å². The molecule has 4 aliphatic rings. The van der Waals surface area contributed by atoms with E-state index in [1.165, 1.54) is 36.9 Å². The van der Waals surface area contributed by atoms with Gasteiger partial charge in [-0.1, -0.05) is 29.3 Å². The quantitative estimate of drug-likeness (QED) is 0.455. The number of rotatable bonds is 1. The maximum Gasteiger partial charge on any atom is 0.239 e. The van der Waals surface area contributed by atoms with Crippen molar-refractivity contribution in [3.05, 3.63) is 62.4 Å². The zero-order valence-electron chi connectivity index (χ0n) is 18.9. The molecule has 2 aromatic rings. The Bertz CT molecular complexity index is 1190. The number of aryl methyl sites for hydroxylation is 2. The molecule has 4 nitrogen and oxygen atoms in total. The first-order valence-electron chi connectivity index (χ1n) is 11.4. The van der Waals surface area contributed by atoms with E-state index in [-0.39, 0.29) is 11.8 Å². The standard InChI is InChI=1S/C26H27NO3S2/c1-14-17-10-12-19-20(13-11-18(17)15(2)31-14)26(4)22-21(25(19,3)32(26)30)23(28)27(24(22)29)16-8-6-5-7-9-16/h5-9,21-22H,10-13H2,1-4H3. The van der Waals surface area contributed by atoms with Crippen LogP contribution in [0.5, 0.6) is 0 Å². The summed E-state index contributed by atoms with van der Waals surface area (Å²) in [4.78, 5) is 31.6. The van der Waals surface area contributed by atoms with E-state index in [4.69, 9.17) is 0 Å². The maximum absolute atomic E-state index is 14.0. The third kappa shape index (κ3) is 2.21. The van der Waals surface area contributed by atoms with Gasteiger partial charge in [0.1, 0.15) is 0 Å². The number of anilines is 1. The fourth-order valence-corrected chi connectivity index (χ4v) is 11.1. The molecule has 2 fully saturated rings. The molecule has 1 aromatic carbocycles. The summed E-state index contributed by atoms with van der Waals surface area (Å²) in [5.41, 5.74) is 5.90. The zero-order valence-corrected chi connectivity index (χ0v) is 20.5. The van der Waals surface area contributed by atoms with Gasteiger partial charge in [0.2, 0.25) is 11.8 Å². The molecule has 6 rings (SSSR count). The minimum atomic E-state index is -1.29. The van der Waals surface area contributed by atoms with E-state index in [0.717, 1.165) is 25.7 Å². The van der Waals surface area contributed by atoms with Crippen LogP contribution in [0, 0.1) is 25.7 Å². The number of amides is 2. The summed E-state index contributed by atoms with van der Waals surface area (Å²) >= 11 is 1.87. The molecule has 0 N–H and O–H groups in total. The molecular weight excluding hydrogens is 438 g/mol. The number of thiophene rings is 1. The molecule has 0 spiro atoms. The van der Waals surface area contributed by atoms with Gasteiger partial charge in [0.25, 0.3) is 0 Å². The van der Waals surface area contributed by atoms with Crippen molar-refractivity contribution in [2.45, 2.75) is 62.9 Å². The molecule has 2 amide bonds. The lowest BCUT2D eigenvalue weighted by atomic mass is 9.63. The van der Waals surface area contributed by atoms with Gasteiger partial charge in [-0.2, -0.15) is 0 Å². The lowest BCUT2D eigenvalue weighted by Crippen LogP contribution is -2.43. The maximum atomic E-state index is 14.0. The van der Waals surface area contributed by atoms with Crippen molar-refractivity contribution in [1.29, 1.82) is 0 Å². The van der Waals surface area contributed by atoms with E-state index >= 15 is 0 Å². The van der Waals surface area contributed by atoms with Crippen LogP contribution in [0.4, 0.5) is 5.69 Å². The van der Waals surface area contributed by atoms with Crippen LogP contribution in [0.1, 0.15) is 47.6 Å². The third-order valence-electron chi connectivity index (χ3n) is 8.61. The normalized spacial score (nSPS) is 35.6. The highest BCUT2D eigenvalue weighted by Crippen LogP contribution is 2.67. The second kappa shape index (κ2) is 6.51. The van der Waals surface area contributed by atoms with Gasteiger partial charge in [-0.25, -0.2) is 4.90 Å². The molecule has 0 radical (unpaired) electrons. The van der Waals surface area contributed by atoms with Gasteiger partial charge in [-0.3, -0.25) is 13.8 Å². The number of carbonyl (C=O) groups excluding carboxylic acids is 2. The predicted octanol–water partition coefficient (Wildman–Crippen LogP) is 4.64. The Morgan fingerprint density at radius 2 is 1.31 bits per heavy atom. The van der Waals surface area contributed by atoms with Gasteiger partial charge in [-0.05, 0) is 76.6 Å². The highest BCUT2D eigenvalue weighted by Gasteiger charge is 2.77. The smallest absolute Gasteiger partial charge is 0.239 e. The van der Waals surface area contributed by atoms with Crippen molar-refractivity contribution in [1.82, 2.24) is 0 Å². The number of hydrogen-bond acceptors (Lipinski definition) is 4. The Hall–Kier alpha value is -2.05. The van der Waals surface area contributed by atoms with E-state index in [2.05, 4.69) is 13.8 Å². The molecule has 32 heavy (non-hydrogen) atoms. The van der Waals surface area contributed by atoms with E-state index < -0.39 is 32.1 Å². The van der Waals surface area contributed by atoms with Gasteiger partial charge in [0, 0.05) is 20.6 Å². The van der Waals surface area contributed by atoms with Crippen molar-refractivity contribution in [2.24, 2.45) is 11.8 Å². The van der Waals surface area contributed by atoms with E-state index in [9.17, 15) is 13.8 Å². The second-order valence-electron chi connectivity index (χ2n) is 9.91. The number of benzene rings is 1. The first-order valence-corrected chi connectivity index (χ1v) is 13.3. The lowest BCUT2D eigenvalue weighted by molar-refractivity contribution is -0.122. The van der Waals surface area contributed by atoms with Gasteiger partial charge in [0.05, 0.1) is 27.0 Å². The molecule has 4 heterocycles. The molecule has 2 saturated heterocycles. The molecule has 2 bridgehead atoms. The van der Waals surface area contributed by atoms with Crippen molar-refractivity contribution in [3.63, 3.8) is 0 Å². The van der Waals surface area contributed by atoms with Gasteiger partial charge >= 0.3 is 0 Å². The Kier molecular flexibility index (Phi) is 4.18. The Morgan fingerprint density at radius 3 is 1.78 bits per heavy atom. The van der Waals surface area contributed by atoms with Crippen LogP contribution in [-0.4, -0.2) is 25.5 Å². The first-order chi connectivity index (χ1) is 15.2. The van der Waals surface area contributed by atoms with E-state index in [1.807, 2.05) is 55.5 Å². The second-order valence-corrected chi connectivity index (χ2v) is 13.6.